The van der Waals surface area contributed by atoms with Crippen molar-refractivity contribution in [3.63, 3.8) is 0 Å². The third kappa shape index (κ3) is 30.4. The quantitative estimate of drug-likeness (QED) is 0.0177. The number of benzene rings is 6. The third-order valence-electron chi connectivity index (χ3n) is 23.7. The number of anilines is 2. The van der Waals surface area contributed by atoms with Gasteiger partial charge in [-0.05, 0) is 84.5 Å². The Labute approximate surface area is 838 Å². The van der Waals surface area contributed by atoms with Gasteiger partial charge in [0.2, 0.25) is 17.7 Å². The molecule has 0 spiro atoms. The molecule has 2 saturated heterocycles. The monoisotopic (exact) mass is 2030 g/mol. The number of nitrogens with zero attached hydrogens (tertiary/aromatic N) is 9. The molecule has 42 nitrogen and oxygen atoms in total. The van der Waals surface area contributed by atoms with Crippen LogP contribution in [-0.4, -0.2) is 367 Å². The Morgan fingerprint density at radius 3 is 1.12 bits per heavy atom. The molecule has 0 unspecified atom stereocenters. The molecule has 6 aromatic carbocycles. The average molecular weight is 2040 g/mol. The van der Waals surface area contributed by atoms with Gasteiger partial charge >= 0.3 is 18.2 Å². The molecular formula is C100H117Cl2N13O29. The number of carbonyl (C=O) groups is 14. The molecule has 44 heteroatoms. The summed E-state index contributed by atoms with van der Waals surface area (Å²) in [6.07, 6.45) is 6.02. The van der Waals surface area contributed by atoms with Gasteiger partial charge in [0.15, 0.2) is 11.5 Å². The van der Waals surface area contributed by atoms with Crippen LogP contribution in [0.25, 0.3) is 43.5 Å². The fourth-order valence-electron chi connectivity index (χ4n) is 16.1. The first-order chi connectivity index (χ1) is 69.9. The van der Waals surface area contributed by atoms with Crippen LogP contribution in [0.1, 0.15) is 69.8 Å². The molecule has 0 aliphatic carbocycles. The summed E-state index contributed by atoms with van der Waals surface area (Å²) in [6.45, 7) is 13.0. The van der Waals surface area contributed by atoms with Gasteiger partial charge < -0.3 is 122 Å². The summed E-state index contributed by atoms with van der Waals surface area (Å²) >= 11 is 12.9. The Morgan fingerprint density at radius 2 is 0.736 bits per heavy atom. The minimum Gasteiger partial charge on any atom is -0.492 e. The molecule has 9 heterocycles. The van der Waals surface area contributed by atoms with Crippen molar-refractivity contribution in [3.8, 4) is 23.0 Å². The van der Waals surface area contributed by atoms with E-state index in [1.165, 1.54) is 24.3 Å². The van der Waals surface area contributed by atoms with Crippen molar-refractivity contribution in [3.05, 3.63) is 168 Å². The Balaban J connectivity index is 0.000000195. The standard InChI is InChI=1S/C48H57ClN6O13.C30H31ClN4O5.C22H29N3O11/c1-52-15-17-53(18-16-52)48(61)68-40-30-38-46(37-5-3-2-4-36(37)40)34(31-49)32-55(38)47(60)41-29-33-28-35(6-7-39(33)67-41)66-21-13-51-43(57)11-19-62-22-24-64-26-27-65-25-23-63-20-12-50-42(56)10-14-54-44(58)8-9-45(54)59;1-33-9-11-34(12-10-33)30(37)40-26-16-24-28(23-5-3-2-4-22(23)26)20(17-31)18-35(24)29(36)27-15-19-14-21(38-13-8-32)6-7-25(19)39-27;26-17(5-8-24-18(27)1-2-19(24)28)23-7-10-33-12-14-35-16-15-34-13-11-32-9-6-22(31)36-25-20(29)3-4-21(25)30/h2-9,28-30,34H,10-27,31-32H2,1H3,(H,50,56)(H,51,57);2-7,14-16,20H,8-13,17-18,32H2,1H3;1-4H,5-16H2,(H,23,26)/t34-;20-;/m11./s1. The predicted octanol–water partition coefficient (Wildman–Crippen LogP) is 6.61. The molecule has 770 valence electrons. The lowest BCUT2D eigenvalue weighted by atomic mass is 9.95. The molecule has 13 amide bonds. The number of halogens is 2. The highest BCUT2D eigenvalue weighted by Gasteiger charge is 2.40. The number of fused-ring (bicyclic) bond motifs is 8. The van der Waals surface area contributed by atoms with Crippen LogP contribution in [0.15, 0.2) is 154 Å². The number of alkyl halides is 2. The van der Waals surface area contributed by atoms with E-state index in [0.717, 1.165) is 86.2 Å². The molecule has 8 aromatic rings. The van der Waals surface area contributed by atoms with Gasteiger partial charge in [0, 0.05) is 211 Å². The van der Waals surface area contributed by atoms with E-state index in [4.69, 9.17) is 94.6 Å². The minimum absolute atomic E-state index is 0.0268. The highest BCUT2D eigenvalue weighted by Crippen LogP contribution is 2.49. The van der Waals surface area contributed by atoms with Gasteiger partial charge in [0.25, 0.3) is 47.3 Å². The van der Waals surface area contributed by atoms with Crippen LogP contribution in [0.3, 0.4) is 0 Å². The number of piperazine rings is 2. The number of nitrogens with one attached hydrogen (secondary N) is 3. The van der Waals surface area contributed by atoms with Crippen molar-refractivity contribution in [1.29, 1.82) is 0 Å². The SMILES string of the molecule is CN1CCN(C(=O)Oc2cc3c(c4ccccc24)[C@H](CCl)CN3C(=O)c2cc3cc(OCCN)ccc3o2)CC1.CN1CCN(C(=O)Oc2cc3c(c4ccccc24)[C@H](CCl)CN3C(=O)c2cc3cc(OCCNC(=O)CCOCCOCCOCCOCCNC(=O)CCN4C(=O)C=CC4=O)ccc3o2)CC1.O=C(CCN1C(=O)C=CC1=O)NCCOCCOCCOCCOCCC(=O)ON1C(=O)C=CC1=O. The van der Waals surface area contributed by atoms with Gasteiger partial charge in [0.1, 0.15) is 47.4 Å². The first-order valence-electron chi connectivity index (χ1n) is 47.4. The van der Waals surface area contributed by atoms with Crippen LogP contribution in [-0.2, 0) is 90.7 Å². The fraction of sp³-hybridized carbons (Fsp3) is 0.440. The van der Waals surface area contributed by atoms with E-state index >= 15 is 0 Å². The lowest BCUT2D eigenvalue weighted by Crippen LogP contribution is -2.48. The van der Waals surface area contributed by atoms with E-state index < -0.39 is 53.6 Å². The molecule has 0 saturated carbocycles. The van der Waals surface area contributed by atoms with Crippen LogP contribution in [0.2, 0.25) is 0 Å². The predicted molar refractivity (Wildman–Crippen MR) is 524 cm³/mol. The molecule has 0 bridgehead atoms. The number of hydrogen-bond acceptors (Lipinski definition) is 32. The van der Waals surface area contributed by atoms with Crippen LogP contribution < -0.4 is 50.4 Å². The smallest absolute Gasteiger partial charge is 0.415 e. The van der Waals surface area contributed by atoms with Crippen molar-refractivity contribution in [2.24, 2.45) is 5.73 Å². The van der Waals surface area contributed by atoms with Crippen LogP contribution >= 0.6 is 23.2 Å². The average Bonchev–Trinajstić information content (AvgIpc) is 1.58. The summed E-state index contributed by atoms with van der Waals surface area (Å²) in [4.78, 5) is 188. The summed E-state index contributed by atoms with van der Waals surface area (Å²) in [5.41, 5.74) is 9.81. The topological polar surface area (TPSA) is 477 Å². The van der Waals surface area contributed by atoms with Crippen molar-refractivity contribution >= 4 is 161 Å². The van der Waals surface area contributed by atoms with E-state index in [1.54, 1.807) is 74.2 Å². The molecule has 5 N–H and O–H groups in total. The summed E-state index contributed by atoms with van der Waals surface area (Å²) in [5.74, 6) is -2.49. The maximum atomic E-state index is 14.2. The summed E-state index contributed by atoms with van der Waals surface area (Å²) < 4.78 is 78.6. The second-order valence-electron chi connectivity index (χ2n) is 33.7. The first kappa shape index (κ1) is 108. The normalized spacial score (nSPS) is 16.1. The van der Waals surface area contributed by atoms with E-state index in [2.05, 4.69) is 30.6 Å². The number of amides is 13. The Hall–Kier alpha value is -13.3. The Kier molecular flexibility index (Phi) is 41.2. The van der Waals surface area contributed by atoms with Crippen LogP contribution in [0, 0.1) is 0 Å². The molecule has 15 rings (SSSR count). The van der Waals surface area contributed by atoms with E-state index in [0.29, 0.717) is 207 Å². The summed E-state index contributed by atoms with van der Waals surface area (Å²) in [6, 6.07) is 33.0. The number of hydroxylamine groups is 2. The number of ether oxygens (including phenoxy) is 12. The minimum atomic E-state index is -0.759. The molecule has 2 fully saturated rings. The highest BCUT2D eigenvalue weighted by molar-refractivity contribution is 6.21. The number of likely N-dealkylation sites (N-methyl/N-ethyl adjacent to an activating group) is 2. The zero-order chi connectivity index (χ0) is 102. The molecule has 7 aliphatic heterocycles. The van der Waals surface area contributed by atoms with E-state index in [-0.39, 0.29) is 137 Å². The number of imide groups is 3. The van der Waals surface area contributed by atoms with Gasteiger partial charge in [0.05, 0.1) is 130 Å². The second-order valence-corrected chi connectivity index (χ2v) is 34.3. The third-order valence-corrected chi connectivity index (χ3v) is 24.4. The van der Waals surface area contributed by atoms with Crippen molar-refractivity contribution in [2.75, 3.05) is 259 Å². The summed E-state index contributed by atoms with van der Waals surface area (Å²) in [5, 5.41) is 13.3. The molecule has 7 aliphatic rings. The maximum Gasteiger partial charge on any atom is 0.415 e. The van der Waals surface area contributed by atoms with Gasteiger partial charge in [-0.1, -0.05) is 53.6 Å². The molecular weight excluding hydrogens is 1920 g/mol. The van der Waals surface area contributed by atoms with Crippen molar-refractivity contribution in [1.82, 2.24) is 50.4 Å². The van der Waals surface area contributed by atoms with Gasteiger partial charge in [-0.3, -0.25) is 62.5 Å². The number of furan rings is 2. The van der Waals surface area contributed by atoms with Crippen LogP contribution in [0.4, 0.5) is 21.0 Å². The van der Waals surface area contributed by atoms with Gasteiger partial charge in [-0.2, -0.15) is 0 Å². The first-order valence-corrected chi connectivity index (χ1v) is 48.5. The largest absolute Gasteiger partial charge is 0.492 e. The zero-order valence-electron chi connectivity index (χ0n) is 80.0. The maximum absolute atomic E-state index is 14.2. The van der Waals surface area contributed by atoms with E-state index in [9.17, 15) is 67.1 Å². The van der Waals surface area contributed by atoms with Crippen LogP contribution in [0.5, 0.6) is 23.0 Å². The Morgan fingerprint density at radius 1 is 0.389 bits per heavy atom. The lowest BCUT2D eigenvalue weighted by Gasteiger charge is -2.31. The van der Waals surface area contributed by atoms with Gasteiger partial charge in [-0.25, -0.2) is 14.4 Å². The number of carbonyl (C=O) groups excluding carboxylic acids is 14. The second kappa shape index (κ2) is 54.9. The Bertz CT molecular complexity index is 5920. The van der Waals surface area contributed by atoms with Crippen molar-refractivity contribution < 1.29 is 138 Å². The number of nitrogens with two attached hydrogens (primary N) is 1. The number of rotatable bonds is 50. The summed E-state index contributed by atoms with van der Waals surface area (Å²) in [7, 11) is 4.05. The lowest BCUT2D eigenvalue weighted by molar-refractivity contribution is -0.196. The van der Waals surface area contributed by atoms with Gasteiger partial charge in [-0.15, -0.1) is 23.2 Å². The van der Waals surface area contributed by atoms with E-state index in [1.807, 2.05) is 68.7 Å². The molecule has 144 heavy (non-hydrogen) atoms. The highest BCUT2D eigenvalue weighted by atomic mass is 35.5. The number of hydrogen-bond donors (Lipinski definition) is 4. The zero-order valence-corrected chi connectivity index (χ0v) is 81.5. The molecule has 2 atom stereocenters. The fourth-order valence-corrected chi connectivity index (χ4v) is 16.7. The molecule has 2 aromatic heterocycles. The van der Waals surface area contributed by atoms with Crippen molar-refractivity contribution in [2.45, 2.75) is 37.5 Å². The molecule has 0 radical (unpaired) electrons.